The fourth-order valence-electron chi connectivity index (χ4n) is 8.60. The Hall–Kier alpha value is -1.88. The zero-order valence-corrected chi connectivity index (χ0v) is 18.8. The van der Waals surface area contributed by atoms with E-state index in [0.29, 0.717) is 23.9 Å². The first-order chi connectivity index (χ1) is 14.8. The van der Waals surface area contributed by atoms with Crippen LogP contribution in [-0.2, 0) is 14.3 Å². The SMILES string of the molecule is CC(=O)O[C@H]1CC[C@]2(C)[C@H]3CC[C@]4(C)C(c5ccc[n+]([O-])c5)=CC[C@H]4[C@@H]3C[C@@H]3O[C@@]32C1. The molecular weight excluding hydrogens is 390 g/mol. The van der Waals surface area contributed by atoms with Crippen LogP contribution in [0.4, 0.5) is 0 Å². The van der Waals surface area contributed by atoms with Crippen LogP contribution < -0.4 is 4.73 Å². The molecule has 1 saturated heterocycles. The van der Waals surface area contributed by atoms with E-state index in [9.17, 15) is 10.0 Å². The lowest BCUT2D eigenvalue weighted by atomic mass is 9.44. The Labute approximate surface area is 184 Å². The van der Waals surface area contributed by atoms with Crippen molar-refractivity contribution in [1.29, 1.82) is 0 Å². The Morgan fingerprint density at radius 2 is 2.10 bits per heavy atom. The van der Waals surface area contributed by atoms with E-state index in [-0.39, 0.29) is 28.5 Å². The molecule has 4 fully saturated rings. The van der Waals surface area contributed by atoms with Crippen LogP contribution in [-0.4, -0.2) is 23.8 Å². The predicted molar refractivity (Wildman–Crippen MR) is 116 cm³/mol. The van der Waals surface area contributed by atoms with Gasteiger partial charge in [0.1, 0.15) is 11.7 Å². The number of pyridine rings is 1. The number of epoxide rings is 1. The molecular formula is C26H33NO4. The summed E-state index contributed by atoms with van der Waals surface area (Å²) >= 11 is 0. The molecule has 5 nitrogen and oxygen atoms in total. The number of fused-ring (bicyclic) bond motifs is 4. The molecule has 5 aliphatic rings. The average molecular weight is 424 g/mol. The molecule has 1 aromatic heterocycles. The third-order valence-electron chi connectivity index (χ3n) is 10.0. The fourth-order valence-corrected chi connectivity index (χ4v) is 8.60. The fraction of sp³-hybridized carbons (Fsp3) is 0.692. The number of nitrogens with zero attached hydrogens (tertiary/aromatic N) is 1. The molecule has 0 N–H and O–H groups in total. The van der Waals surface area contributed by atoms with E-state index in [2.05, 4.69) is 26.0 Å². The van der Waals surface area contributed by atoms with Crippen molar-refractivity contribution in [2.75, 3.05) is 0 Å². The van der Waals surface area contributed by atoms with Gasteiger partial charge in [-0.25, -0.2) is 0 Å². The number of esters is 1. The number of hydrogen-bond donors (Lipinski definition) is 0. The molecule has 0 bridgehead atoms. The van der Waals surface area contributed by atoms with Gasteiger partial charge in [-0.15, -0.1) is 0 Å². The molecule has 0 aromatic carbocycles. The Bertz CT molecular complexity index is 974. The molecule has 31 heavy (non-hydrogen) atoms. The minimum absolute atomic E-state index is 0.0117. The van der Waals surface area contributed by atoms with Crippen LogP contribution >= 0.6 is 0 Å². The van der Waals surface area contributed by atoms with Gasteiger partial charge in [-0.2, -0.15) is 4.73 Å². The molecule has 5 heteroatoms. The van der Waals surface area contributed by atoms with Gasteiger partial charge in [0.25, 0.3) is 0 Å². The Balaban J connectivity index is 1.28. The number of ether oxygens (including phenoxy) is 2. The molecule has 1 aliphatic heterocycles. The zero-order chi connectivity index (χ0) is 21.6. The van der Waals surface area contributed by atoms with Gasteiger partial charge >= 0.3 is 5.97 Å². The van der Waals surface area contributed by atoms with Crippen molar-refractivity contribution in [2.45, 2.75) is 83.5 Å². The van der Waals surface area contributed by atoms with Gasteiger partial charge in [-0.05, 0) is 73.3 Å². The van der Waals surface area contributed by atoms with E-state index in [1.54, 1.807) is 12.4 Å². The molecule has 6 rings (SSSR count). The summed E-state index contributed by atoms with van der Waals surface area (Å²) in [6.07, 6.45) is 13.6. The zero-order valence-electron chi connectivity index (χ0n) is 18.8. The van der Waals surface area contributed by atoms with Gasteiger partial charge < -0.3 is 14.7 Å². The monoisotopic (exact) mass is 423 g/mol. The van der Waals surface area contributed by atoms with Crippen LogP contribution in [0.5, 0.6) is 0 Å². The maximum Gasteiger partial charge on any atom is 0.302 e. The lowest BCUT2D eigenvalue weighted by Gasteiger charge is -2.59. The van der Waals surface area contributed by atoms with Crippen LogP contribution in [0.25, 0.3) is 5.57 Å². The summed E-state index contributed by atoms with van der Waals surface area (Å²) in [6.45, 7) is 6.42. The van der Waals surface area contributed by atoms with Gasteiger partial charge in [0.05, 0.1) is 6.10 Å². The third-order valence-corrected chi connectivity index (χ3v) is 10.0. The smallest absolute Gasteiger partial charge is 0.302 e. The summed E-state index contributed by atoms with van der Waals surface area (Å²) < 4.78 is 13.1. The van der Waals surface area contributed by atoms with Crippen molar-refractivity contribution in [1.82, 2.24) is 0 Å². The van der Waals surface area contributed by atoms with Crippen LogP contribution in [0.3, 0.4) is 0 Å². The highest BCUT2D eigenvalue weighted by molar-refractivity contribution is 5.72. The average Bonchev–Trinajstić information content (AvgIpc) is 3.29. The molecule has 0 amide bonds. The highest BCUT2D eigenvalue weighted by atomic mass is 16.6. The molecule has 1 spiro atoms. The number of allylic oxidation sites excluding steroid dienone is 2. The highest BCUT2D eigenvalue weighted by Crippen LogP contribution is 2.74. The lowest BCUT2D eigenvalue weighted by molar-refractivity contribution is -0.605. The van der Waals surface area contributed by atoms with Gasteiger partial charge in [-0.3, -0.25) is 4.79 Å². The maximum atomic E-state index is 11.9. The van der Waals surface area contributed by atoms with Gasteiger partial charge in [0.15, 0.2) is 12.4 Å². The largest absolute Gasteiger partial charge is 0.619 e. The van der Waals surface area contributed by atoms with E-state index in [1.807, 2.05) is 6.07 Å². The van der Waals surface area contributed by atoms with Crippen molar-refractivity contribution >= 4 is 11.5 Å². The Kier molecular flexibility index (Phi) is 4.04. The first-order valence-electron chi connectivity index (χ1n) is 12.0. The summed E-state index contributed by atoms with van der Waals surface area (Å²) in [5.41, 5.74) is 2.69. The van der Waals surface area contributed by atoms with Crippen molar-refractivity contribution in [3.63, 3.8) is 0 Å². The second kappa shape index (κ2) is 6.34. The number of carbonyl (C=O) groups is 1. The Morgan fingerprint density at radius 1 is 1.26 bits per heavy atom. The van der Waals surface area contributed by atoms with Gasteiger partial charge in [0.2, 0.25) is 0 Å². The van der Waals surface area contributed by atoms with Crippen LogP contribution in [0.1, 0.15) is 71.3 Å². The second-order valence-corrected chi connectivity index (χ2v) is 11.3. The quantitative estimate of drug-likeness (QED) is 0.306. The summed E-state index contributed by atoms with van der Waals surface area (Å²) in [4.78, 5) is 11.5. The molecule has 0 unspecified atom stereocenters. The van der Waals surface area contributed by atoms with Crippen molar-refractivity contribution < 1.29 is 19.0 Å². The maximum absolute atomic E-state index is 11.9. The molecule has 4 aliphatic carbocycles. The molecule has 166 valence electrons. The molecule has 3 saturated carbocycles. The minimum Gasteiger partial charge on any atom is -0.619 e. The number of aromatic nitrogens is 1. The van der Waals surface area contributed by atoms with Gasteiger partial charge in [0, 0.05) is 30.4 Å². The molecule has 8 atom stereocenters. The molecule has 1 aromatic rings. The minimum atomic E-state index is -0.172. The topological polar surface area (TPSA) is 65.8 Å². The molecule has 2 heterocycles. The van der Waals surface area contributed by atoms with Crippen molar-refractivity contribution in [3.8, 4) is 0 Å². The van der Waals surface area contributed by atoms with Crippen molar-refractivity contribution in [2.24, 2.45) is 28.6 Å². The normalized spacial score (nSPS) is 47.3. The van der Waals surface area contributed by atoms with E-state index in [1.165, 1.54) is 25.3 Å². The summed E-state index contributed by atoms with van der Waals surface area (Å²) in [7, 11) is 0. The first kappa shape index (κ1) is 19.8. The first-order valence-corrected chi connectivity index (χ1v) is 12.0. The van der Waals surface area contributed by atoms with E-state index in [0.717, 1.165) is 42.4 Å². The summed E-state index contributed by atoms with van der Waals surface area (Å²) in [5.74, 6) is 1.77. The van der Waals surface area contributed by atoms with Gasteiger partial charge in [-0.1, -0.05) is 19.9 Å². The Morgan fingerprint density at radius 3 is 2.87 bits per heavy atom. The lowest BCUT2D eigenvalue weighted by Crippen LogP contribution is -2.58. The number of hydrogen-bond acceptors (Lipinski definition) is 4. The van der Waals surface area contributed by atoms with Crippen LogP contribution in [0, 0.1) is 33.8 Å². The van der Waals surface area contributed by atoms with E-state index in [4.69, 9.17) is 9.47 Å². The predicted octanol–water partition coefficient (Wildman–Crippen LogP) is 4.42. The third kappa shape index (κ3) is 2.59. The second-order valence-electron chi connectivity index (χ2n) is 11.3. The van der Waals surface area contributed by atoms with Crippen LogP contribution in [0.2, 0.25) is 0 Å². The van der Waals surface area contributed by atoms with Crippen molar-refractivity contribution in [3.05, 3.63) is 41.4 Å². The summed E-state index contributed by atoms with van der Waals surface area (Å²) in [5, 5.41) is 11.9. The number of carbonyl (C=O) groups excluding carboxylic acids is 1. The standard InChI is InChI=1S/C26H33NO4/c1-16(28)30-18-8-11-25(3)22-9-10-24(2)20(17-5-4-12-27(29)15-17)6-7-21(24)19(22)13-23-26(25,14-18)31-23/h4-6,12,15,18-19,21-23H,7-11,13-14H2,1-3H3/t18-,19-,21-,22-,23-,24+,25+,26-/m0/s1. The summed E-state index contributed by atoms with van der Waals surface area (Å²) in [6, 6.07) is 3.95. The van der Waals surface area contributed by atoms with Crippen LogP contribution in [0.15, 0.2) is 30.6 Å². The van der Waals surface area contributed by atoms with E-state index < -0.39 is 0 Å². The highest BCUT2D eigenvalue weighted by Gasteiger charge is 2.76. The number of rotatable bonds is 2. The van der Waals surface area contributed by atoms with E-state index >= 15 is 0 Å². The molecule has 0 radical (unpaired) electrons.